The number of pyridine rings is 4. The van der Waals surface area contributed by atoms with E-state index in [1.54, 1.807) is 143 Å². The van der Waals surface area contributed by atoms with Crippen LogP contribution in [0.2, 0.25) is 0 Å². The lowest BCUT2D eigenvalue weighted by atomic mass is 10.1. The van der Waals surface area contributed by atoms with Crippen LogP contribution >= 0.6 is 0 Å². The van der Waals surface area contributed by atoms with Crippen molar-refractivity contribution in [2.24, 2.45) is 28.2 Å². The van der Waals surface area contributed by atoms with E-state index in [0.29, 0.717) is 99.1 Å². The number of benzene rings is 8. The summed E-state index contributed by atoms with van der Waals surface area (Å²) in [5.41, 5.74) is 13.9. The number of carbonyl (C=O) groups is 4. The molecule has 136 heavy (non-hydrogen) atoms. The molecule has 0 spiro atoms. The van der Waals surface area contributed by atoms with Gasteiger partial charge in [-0.3, -0.25) is 24.3 Å². The average Bonchev–Trinajstić information content (AvgIpc) is 1.03. The number of ether oxygens (including phenoxy) is 8. The fraction of sp³-hybridized carbons (Fsp3) is 0.208. The summed E-state index contributed by atoms with van der Waals surface area (Å²) in [6.07, 6.45) is -0.913. The standard InChI is InChI=1S/C24H19F4N5O3.2C24H21F2N5O3.C24H23N5O3/c1-31-13-29-18-8-5-16(10-19(18)31)32-11-14-2-9-21(35-12-20(25)26)30-22(14)33(24(32)34)15-3-6-17(7-4-15)36-23(27)28;1-29-12-16-11-18(6-9-20(16)28-29)30-13-15-3-10-22(34-14-21(25)26)27-23(15)31(24(30)32)17-4-7-19(33-2)8-5-17;1-29-14-27-19-9-6-17(11-20(19)29)30-12-15-3-10-22(34-13-21(25)26)28-23(15)31(24(30)32)16-4-7-18(33-2)8-5-16;1-4-32-22-12-5-16-14-28(18-8-11-20-21(13-18)27(2)15-25-20)24(30)29(23(16)26-22)17-6-9-19(31-3)10-7-17/h2-10,13,20,23H,11-12H2,1H3;3-12,21H,13-14H2,1-2H3;3-11,14,21H,12-13H2,1-2H3;5-13,15H,4,14H2,1-3H3. The molecule has 8 aromatic heterocycles. The lowest BCUT2D eigenvalue weighted by molar-refractivity contribution is -0.0498. The molecule has 0 radical (unpaired) electrons. The number of hydrogen-bond donors (Lipinski definition) is 0. The van der Waals surface area contributed by atoms with Gasteiger partial charge in [0.1, 0.15) is 46.3 Å². The van der Waals surface area contributed by atoms with Gasteiger partial charge in [-0.15, -0.1) is 0 Å². The van der Waals surface area contributed by atoms with Gasteiger partial charge in [0.15, 0.2) is 19.8 Å². The molecular formula is C96H84F8N20O12. The largest absolute Gasteiger partial charge is 0.497 e. The number of carbonyl (C=O) groups excluding carboxylic acids is 4. The molecule has 0 fully saturated rings. The topological polar surface area (TPSA) is 291 Å². The second kappa shape index (κ2) is 39.3. The Morgan fingerprint density at radius 1 is 0.324 bits per heavy atom. The molecule has 696 valence electrons. The number of hydrogen-bond acceptors (Lipinski definition) is 20. The summed E-state index contributed by atoms with van der Waals surface area (Å²) >= 11 is 0. The average molecular weight is 1860 g/mol. The molecule has 0 saturated heterocycles. The van der Waals surface area contributed by atoms with E-state index < -0.39 is 51.7 Å². The Labute approximate surface area is 770 Å². The maximum atomic E-state index is 13.8. The van der Waals surface area contributed by atoms with Crippen LogP contribution in [0.5, 0.6) is 46.5 Å². The first-order valence-corrected chi connectivity index (χ1v) is 42.2. The van der Waals surface area contributed by atoms with Gasteiger partial charge in [-0.05, 0) is 201 Å². The van der Waals surface area contributed by atoms with Gasteiger partial charge in [0, 0.05) is 109 Å². The second-order valence-corrected chi connectivity index (χ2v) is 31.0. The summed E-state index contributed by atoms with van der Waals surface area (Å²) in [4.78, 5) is 98.2. The Balaban J connectivity index is 0.000000126. The van der Waals surface area contributed by atoms with Crippen LogP contribution in [0.3, 0.4) is 0 Å². The van der Waals surface area contributed by atoms with Gasteiger partial charge in [0.05, 0.1) is 134 Å². The highest BCUT2D eigenvalue weighted by Gasteiger charge is 2.40. The highest BCUT2D eigenvalue weighted by atomic mass is 19.3. The Hall–Kier alpha value is -16.8. The molecular weight excluding hydrogens is 1780 g/mol. The number of rotatable bonds is 24. The maximum Gasteiger partial charge on any atom is 0.387 e. The second-order valence-electron chi connectivity index (χ2n) is 31.0. The van der Waals surface area contributed by atoms with Gasteiger partial charge < -0.3 is 51.6 Å². The number of amides is 8. The fourth-order valence-corrected chi connectivity index (χ4v) is 15.7. The zero-order valence-electron chi connectivity index (χ0n) is 73.9. The van der Waals surface area contributed by atoms with Gasteiger partial charge >= 0.3 is 30.7 Å². The van der Waals surface area contributed by atoms with E-state index in [0.717, 1.165) is 66.4 Å². The third-order valence-corrected chi connectivity index (χ3v) is 22.2. The van der Waals surface area contributed by atoms with Crippen molar-refractivity contribution in [3.63, 3.8) is 0 Å². The van der Waals surface area contributed by atoms with Gasteiger partial charge in [-0.2, -0.15) is 33.8 Å². The highest BCUT2D eigenvalue weighted by Crippen LogP contribution is 2.45. The van der Waals surface area contributed by atoms with Crippen molar-refractivity contribution in [3.8, 4) is 46.5 Å². The van der Waals surface area contributed by atoms with Crippen LogP contribution in [0.15, 0.2) is 244 Å². The maximum absolute atomic E-state index is 13.8. The number of urea groups is 4. The van der Waals surface area contributed by atoms with Gasteiger partial charge in [-0.1, -0.05) is 0 Å². The summed E-state index contributed by atoms with van der Waals surface area (Å²) in [5, 5.41) is 5.29. The van der Waals surface area contributed by atoms with E-state index in [1.165, 1.54) is 62.1 Å². The van der Waals surface area contributed by atoms with Crippen LogP contribution in [0, 0.1) is 0 Å². The number of aryl methyl sites for hydroxylation is 4. The Morgan fingerprint density at radius 2 is 0.596 bits per heavy atom. The van der Waals surface area contributed by atoms with Crippen molar-refractivity contribution >= 4 is 137 Å². The summed E-state index contributed by atoms with van der Waals surface area (Å²) in [6, 6.07) is 61.3. The molecule has 4 aliphatic heterocycles. The number of halogens is 8. The molecule has 40 heteroatoms. The number of imidazole rings is 3. The SMILES string of the molecule is CCOc1ccc2c(n1)N(c1ccc(OC)cc1)C(=O)N(c1ccc3ncn(C)c3c1)C2.COc1ccc(N2C(=O)N(c3ccc4ncn(C)c4c3)Cc3ccc(OCC(F)F)nc32)cc1.COc1ccc(N2C(=O)N(c3ccc4nn(C)cc4c3)Cc3ccc(OCC(F)F)nc32)cc1.Cn1cnc2ccc(N3Cc4ccc(OCC(F)F)nc4N(c4ccc(OC(F)F)cc4)C3=O)cc21. The minimum Gasteiger partial charge on any atom is -0.497 e. The minimum atomic E-state index is -3.00. The van der Waals surface area contributed by atoms with Crippen LogP contribution in [0.25, 0.3) is 44.0 Å². The third kappa shape index (κ3) is 19.3. The number of anilines is 12. The summed E-state index contributed by atoms with van der Waals surface area (Å²) < 4.78 is 149. The van der Waals surface area contributed by atoms with Crippen LogP contribution in [0.1, 0.15) is 29.2 Å². The molecule has 8 amide bonds. The molecule has 0 bridgehead atoms. The third-order valence-electron chi connectivity index (χ3n) is 22.2. The number of aromatic nitrogens is 12. The normalized spacial score (nSPS) is 13.5. The molecule has 12 heterocycles. The van der Waals surface area contributed by atoms with Crippen LogP contribution in [-0.2, 0) is 54.4 Å². The Morgan fingerprint density at radius 3 is 0.875 bits per heavy atom. The lowest BCUT2D eigenvalue weighted by Gasteiger charge is -2.36. The predicted molar refractivity (Wildman–Crippen MR) is 492 cm³/mol. The smallest absolute Gasteiger partial charge is 0.387 e. The highest BCUT2D eigenvalue weighted by molar-refractivity contribution is 6.14. The van der Waals surface area contributed by atoms with E-state index in [-0.39, 0.29) is 66.9 Å². The predicted octanol–water partition coefficient (Wildman–Crippen LogP) is 19.9. The number of fused-ring (bicyclic) bond motifs is 8. The first-order chi connectivity index (χ1) is 65.7. The number of methoxy groups -OCH3 is 3. The van der Waals surface area contributed by atoms with E-state index in [9.17, 15) is 54.3 Å². The van der Waals surface area contributed by atoms with Crippen molar-refractivity contribution in [3.05, 3.63) is 266 Å². The van der Waals surface area contributed by atoms with Crippen molar-refractivity contribution in [1.82, 2.24) is 58.4 Å². The van der Waals surface area contributed by atoms with Crippen molar-refractivity contribution in [2.75, 3.05) is 87.0 Å². The van der Waals surface area contributed by atoms with E-state index in [4.69, 9.17) is 33.2 Å². The molecule has 8 aromatic carbocycles. The van der Waals surface area contributed by atoms with Crippen molar-refractivity contribution in [2.45, 2.75) is 59.0 Å². The molecule has 32 nitrogen and oxygen atoms in total. The minimum absolute atomic E-state index is 0.0233. The lowest BCUT2D eigenvalue weighted by Crippen LogP contribution is -2.45. The zero-order valence-corrected chi connectivity index (χ0v) is 73.9. The van der Waals surface area contributed by atoms with Gasteiger partial charge in [0.2, 0.25) is 23.5 Å². The van der Waals surface area contributed by atoms with Gasteiger partial charge in [0.25, 0.3) is 19.3 Å². The first kappa shape index (κ1) is 91.1. The fourth-order valence-electron chi connectivity index (χ4n) is 15.7. The summed E-state index contributed by atoms with van der Waals surface area (Å²) in [5.74, 6) is 3.79. The van der Waals surface area contributed by atoms with Crippen molar-refractivity contribution in [1.29, 1.82) is 0 Å². The van der Waals surface area contributed by atoms with Crippen LogP contribution < -0.4 is 77.1 Å². The monoisotopic (exact) mass is 1860 g/mol. The number of alkyl halides is 8. The summed E-state index contributed by atoms with van der Waals surface area (Å²) in [7, 11) is 12.2. The van der Waals surface area contributed by atoms with Crippen molar-refractivity contribution < 1.29 is 92.2 Å². The molecule has 0 saturated carbocycles. The van der Waals surface area contributed by atoms with E-state index >= 15 is 0 Å². The first-order valence-electron chi connectivity index (χ1n) is 42.2. The Kier molecular flexibility index (Phi) is 26.3. The molecule has 16 aromatic rings. The Bertz CT molecular complexity index is 7090. The van der Waals surface area contributed by atoms with Crippen LogP contribution in [0.4, 0.5) is 123 Å². The molecule has 0 N–H and O–H groups in total. The quantitative estimate of drug-likeness (QED) is 0.0508. The molecule has 4 aliphatic rings. The van der Waals surface area contributed by atoms with Crippen LogP contribution in [-0.4, -0.2) is 156 Å². The molecule has 0 aliphatic carbocycles. The van der Waals surface area contributed by atoms with E-state index in [2.05, 4.69) is 44.7 Å². The van der Waals surface area contributed by atoms with E-state index in [1.807, 2.05) is 152 Å². The number of nitrogens with zero attached hydrogens (tertiary/aromatic N) is 20. The molecule has 0 atom stereocenters. The summed E-state index contributed by atoms with van der Waals surface area (Å²) in [6.45, 7) is -1.92. The zero-order chi connectivity index (χ0) is 95.3. The molecule has 0 unspecified atom stereocenters. The van der Waals surface area contributed by atoms with Gasteiger partial charge in [-0.25, -0.2) is 80.1 Å². The molecule has 20 rings (SSSR count).